The Labute approximate surface area is 119 Å². The van der Waals surface area contributed by atoms with Crippen LogP contribution in [0.3, 0.4) is 0 Å². The molecule has 1 aliphatic rings. The fourth-order valence-electron chi connectivity index (χ4n) is 2.31. The van der Waals surface area contributed by atoms with Crippen molar-refractivity contribution in [3.8, 4) is 0 Å². The molecule has 0 atom stereocenters. The molecule has 0 saturated heterocycles. The summed E-state index contributed by atoms with van der Waals surface area (Å²) in [4.78, 5) is 0. The molecule has 0 fully saturated rings. The molecule has 0 spiro atoms. The summed E-state index contributed by atoms with van der Waals surface area (Å²) in [7, 11) is 0. The number of fused-ring (bicyclic) bond motifs is 1. The van der Waals surface area contributed by atoms with Gasteiger partial charge in [-0.3, -0.25) is 0 Å². The Balaban J connectivity index is 1.59. The van der Waals surface area contributed by atoms with Crippen molar-refractivity contribution >= 4 is 15.9 Å². The molecule has 1 aromatic heterocycles. The van der Waals surface area contributed by atoms with E-state index in [-0.39, 0.29) is 5.82 Å². The maximum absolute atomic E-state index is 13.1. The van der Waals surface area contributed by atoms with E-state index in [1.54, 1.807) is 12.1 Å². The van der Waals surface area contributed by atoms with E-state index in [1.807, 2.05) is 0 Å². The highest BCUT2D eigenvalue weighted by Crippen LogP contribution is 2.17. The van der Waals surface area contributed by atoms with Gasteiger partial charge in [-0.2, -0.15) is 0 Å². The molecule has 4 nitrogen and oxygen atoms in total. The van der Waals surface area contributed by atoms with Gasteiger partial charge in [0.05, 0.1) is 11.0 Å². The summed E-state index contributed by atoms with van der Waals surface area (Å²) < 4.78 is 15.8. The second kappa shape index (κ2) is 5.38. The monoisotopic (exact) mass is 324 g/mol. The van der Waals surface area contributed by atoms with Gasteiger partial charge < -0.3 is 9.88 Å². The summed E-state index contributed by atoms with van der Waals surface area (Å²) in [5, 5.41) is 11.7. The van der Waals surface area contributed by atoms with Crippen LogP contribution in [0.25, 0.3) is 0 Å². The van der Waals surface area contributed by atoms with Crippen molar-refractivity contribution in [2.24, 2.45) is 0 Å². The first kappa shape index (κ1) is 12.7. The van der Waals surface area contributed by atoms with Gasteiger partial charge in [-0.05, 0) is 40.0 Å². The lowest BCUT2D eigenvalue weighted by molar-refractivity contribution is 0.604. The van der Waals surface area contributed by atoms with Gasteiger partial charge >= 0.3 is 0 Å². The van der Waals surface area contributed by atoms with E-state index in [4.69, 9.17) is 0 Å². The highest BCUT2D eigenvalue weighted by molar-refractivity contribution is 9.10. The van der Waals surface area contributed by atoms with Crippen LogP contribution in [0.5, 0.6) is 0 Å². The summed E-state index contributed by atoms with van der Waals surface area (Å²) in [6.45, 7) is 2.38. The number of halogens is 2. The van der Waals surface area contributed by atoms with Crippen LogP contribution in [0.1, 0.15) is 23.6 Å². The summed E-state index contributed by atoms with van der Waals surface area (Å²) >= 11 is 3.19. The first-order chi connectivity index (χ1) is 9.24. The van der Waals surface area contributed by atoms with Gasteiger partial charge in [0.25, 0.3) is 0 Å². The van der Waals surface area contributed by atoms with E-state index in [0.29, 0.717) is 17.6 Å². The first-order valence-electron chi connectivity index (χ1n) is 6.29. The van der Waals surface area contributed by atoms with Gasteiger partial charge in [-0.15, -0.1) is 10.2 Å². The zero-order chi connectivity index (χ0) is 13.2. The Morgan fingerprint density at radius 3 is 3.05 bits per heavy atom. The molecular formula is C13H14BrFN4. The minimum absolute atomic E-state index is 0.237. The number of hydrogen-bond acceptors (Lipinski definition) is 3. The van der Waals surface area contributed by atoms with Crippen LogP contribution in [-0.4, -0.2) is 14.8 Å². The summed E-state index contributed by atoms with van der Waals surface area (Å²) in [6.07, 6.45) is 2.18. The first-order valence-corrected chi connectivity index (χ1v) is 7.09. The Morgan fingerprint density at radius 1 is 1.32 bits per heavy atom. The van der Waals surface area contributed by atoms with Crippen molar-refractivity contribution in [2.45, 2.75) is 32.5 Å². The number of aryl methyl sites for hydroxylation is 1. The van der Waals surface area contributed by atoms with Crippen LogP contribution in [-0.2, 0) is 26.1 Å². The zero-order valence-electron chi connectivity index (χ0n) is 10.4. The topological polar surface area (TPSA) is 42.7 Å². The molecule has 0 saturated carbocycles. The SMILES string of the molecule is Fc1ccc(CNCc2nnc3n2CCC3)cc1Br. The average Bonchev–Trinajstić information content (AvgIpc) is 2.98. The summed E-state index contributed by atoms with van der Waals surface area (Å²) in [5.74, 6) is 1.83. The molecule has 19 heavy (non-hydrogen) atoms. The highest BCUT2D eigenvalue weighted by atomic mass is 79.9. The molecule has 1 aliphatic heterocycles. The molecule has 0 aliphatic carbocycles. The molecule has 1 aromatic carbocycles. The largest absolute Gasteiger partial charge is 0.314 e. The van der Waals surface area contributed by atoms with Crippen molar-refractivity contribution in [1.82, 2.24) is 20.1 Å². The Bertz CT molecular complexity index is 596. The molecule has 2 heterocycles. The fraction of sp³-hybridized carbons (Fsp3) is 0.385. The summed E-state index contributed by atoms with van der Waals surface area (Å²) in [6, 6.07) is 5.04. The van der Waals surface area contributed by atoms with E-state index in [0.717, 1.165) is 36.6 Å². The van der Waals surface area contributed by atoms with E-state index in [2.05, 4.69) is 36.0 Å². The van der Waals surface area contributed by atoms with Crippen LogP contribution in [0.4, 0.5) is 4.39 Å². The average molecular weight is 325 g/mol. The zero-order valence-corrected chi connectivity index (χ0v) is 12.0. The predicted molar refractivity (Wildman–Crippen MR) is 73.0 cm³/mol. The van der Waals surface area contributed by atoms with E-state index in [1.165, 1.54) is 6.07 Å². The summed E-state index contributed by atoms with van der Waals surface area (Å²) in [5.41, 5.74) is 1.04. The lowest BCUT2D eigenvalue weighted by atomic mass is 10.2. The van der Waals surface area contributed by atoms with Crippen LogP contribution in [0, 0.1) is 5.82 Å². The molecule has 0 unspecified atom stereocenters. The molecule has 0 amide bonds. The smallest absolute Gasteiger partial charge is 0.147 e. The number of aromatic nitrogens is 3. The van der Waals surface area contributed by atoms with E-state index >= 15 is 0 Å². The normalized spacial score (nSPS) is 13.8. The number of nitrogens with zero attached hydrogens (tertiary/aromatic N) is 3. The van der Waals surface area contributed by atoms with Gasteiger partial charge in [0, 0.05) is 19.5 Å². The van der Waals surface area contributed by atoms with Gasteiger partial charge in [0.2, 0.25) is 0 Å². The van der Waals surface area contributed by atoms with E-state index < -0.39 is 0 Å². The molecule has 0 bridgehead atoms. The standard InChI is InChI=1S/C13H14BrFN4/c14-10-6-9(3-4-11(10)15)7-16-8-13-18-17-12-2-1-5-19(12)13/h3-4,6,16H,1-2,5,7-8H2. The van der Waals surface area contributed by atoms with Crippen LogP contribution in [0.15, 0.2) is 22.7 Å². The van der Waals surface area contributed by atoms with Gasteiger partial charge in [0.15, 0.2) is 0 Å². The molecule has 1 N–H and O–H groups in total. The molecule has 0 radical (unpaired) electrons. The van der Waals surface area contributed by atoms with Crippen LogP contribution in [0.2, 0.25) is 0 Å². The minimum atomic E-state index is -0.237. The van der Waals surface area contributed by atoms with Gasteiger partial charge in [-0.1, -0.05) is 6.07 Å². The number of rotatable bonds is 4. The lowest BCUT2D eigenvalue weighted by Crippen LogP contribution is -2.16. The predicted octanol–water partition coefficient (Wildman–Crippen LogP) is 2.42. The number of nitrogens with one attached hydrogen (secondary N) is 1. The number of benzene rings is 1. The van der Waals surface area contributed by atoms with Crippen molar-refractivity contribution < 1.29 is 4.39 Å². The van der Waals surface area contributed by atoms with Crippen LogP contribution >= 0.6 is 15.9 Å². The molecule has 3 rings (SSSR count). The van der Waals surface area contributed by atoms with Crippen molar-refractivity contribution in [1.29, 1.82) is 0 Å². The van der Waals surface area contributed by atoms with Gasteiger partial charge in [0.1, 0.15) is 17.5 Å². The third-order valence-electron chi connectivity index (χ3n) is 3.28. The Morgan fingerprint density at radius 2 is 2.21 bits per heavy atom. The molecular weight excluding hydrogens is 311 g/mol. The minimum Gasteiger partial charge on any atom is -0.314 e. The fourth-order valence-corrected chi connectivity index (χ4v) is 2.74. The molecule has 6 heteroatoms. The second-order valence-corrected chi connectivity index (χ2v) is 5.49. The van der Waals surface area contributed by atoms with Crippen molar-refractivity contribution in [3.05, 3.63) is 45.7 Å². The third kappa shape index (κ3) is 2.69. The maximum atomic E-state index is 13.1. The van der Waals surface area contributed by atoms with Crippen molar-refractivity contribution in [3.63, 3.8) is 0 Å². The number of hydrogen-bond donors (Lipinski definition) is 1. The maximum Gasteiger partial charge on any atom is 0.147 e. The Kier molecular flexibility index (Phi) is 3.61. The Hall–Kier alpha value is -1.27. The van der Waals surface area contributed by atoms with E-state index in [9.17, 15) is 4.39 Å². The second-order valence-electron chi connectivity index (χ2n) is 4.64. The van der Waals surface area contributed by atoms with Crippen LogP contribution < -0.4 is 5.32 Å². The third-order valence-corrected chi connectivity index (χ3v) is 3.89. The highest BCUT2D eigenvalue weighted by Gasteiger charge is 2.16. The lowest BCUT2D eigenvalue weighted by Gasteiger charge is -2.06. The molecule has 100 valence electrons. The quantitative estimate of drug-likeness (QED) is 0.939. The molecule has 2 aromatic rings. The van der Waals surface area contributed by atoms with Gasteiger partial charge in [-0.25, -0.2) is 4.39 Å². The van der Waals surface area contributed by atoms with Crippen molar-refractivity contribution in [2.75, 3.05) is 0 Å².